The van der Waals surface area contributed by atoms with Crippen LogP contribution in [0.2, 0.25) is 0 Å². The van der Waals surface area contributed by atoms with Crippen LogP contribution in [-0.4, -0.2) is 31.5 Å². The first-order valence-corrected chi connectivity index (χ1v) is 10.4. The van der Waals surface area contributed by atoms with Crippen molar-refractivity contribution in [2.45, 2.75) is 18.9 Å². The summed E-state index contributed by atoms with van der Waals surface area (Å²) in [5.41, 5.74) is 6.26. The molecule has 0 unspecified atom stereocenters. The van der Waals surface area contributed by atoms with Gasteiger partial charge < -0.3 is 10.5 Å². The lowest BCUT2D eigenvalue weighted by atomic mass is 9.91. The molecule has 0 radical (unpaired) electrons. The number of hydrogen-bond donors (Lipinski definition) is 1. The molecule has 1 aliphatic heterocycles. The highest BCUT2D eigenvalue weighted by Crippen LogP contribution is 2.37. The molecule has 0 fully saturated rings. The van der Waals surface area contributed by atoms with Gasteiger partial charge in [-0.3, -0.25) is 0 Å². The number of nitrogens with two attached hydrogens (primary N) is 1. The minimum atomic E-state index is -3.68. The van der Waals surface area contributed by atoms with Gasteiger partial charge in [-0.05, 0) is 48.4 Å². The molecule has 2 N–H and O–H groups in total. The van der Waals surface area contributed by atoms with Gasteiger partial charge in [0, 0.05) is 19.0 Å². The van der Waals surface area contributed by atoms with Gasteiger partial charge in [0.25, 0.3) is 0 Å². The fourth-order valence-electron chi connectivity index (χ4n) is 3.54. The minimum absolute atomic E-state index is 0.153. The van der Waals surface area contributed by atoms with Gasteiger partial charge in [-0.25, -0.2) is 22.1 Å². The Bertz CT molecular complexity index is 1110. The van der Waals surface area contributed by atoms with Crippen LogP contribution < -0.4 is 10.5 Å². The van der Waals surface area contributed by atoms with E-state index in [9.17, 15) is 12.8 Å². The zero-order valence-corrected chi connectivity index (χ0v) is 16.3. The van der Waals surface area contributed by atoms with E-state index in [1.807, 2.05) is 30.3 Å². The van der Waals surface area contributed by atoms with Crippen LogP contribution in [-0.2, 0) is 22.0 Å². The predicted molar refractivity (Wildman–Crippen MR) is 106 cm³/mol. The number of para-hydroxylation sites is 1. The van der Waals surface area contributed by atoms with E-state index in [4.69, 9.17) is 10.5 Å². The fraction of sp³-hybridized carbons (Fsp3) is 0.250. The summed E-state index contributed by atoms with van der Waals surface area (Å²) in [7, 11) is -2.34. The number of rotatable bonds is 3. The monoisotopic (exact) mass is 401 g/mol. The van der Waals surface area contributed by atoms with Crippen LogP contribution in [0.1, 0.15) is 23.6 Å². The van der Waals surface area contributed by atoms with E-state index in [0.717, 1.165) is 9.87 Å². The summed E-state index contributed by atoms with van der Waals surface area (Å²) in [4.78, 5) is 4.29. The molecule has 0 saturated heterocycles. The second-order valence-corrected chi connectivity index (χ2v) is 9.20. The lowest BCUT2D eigenvalue weighted by molar-refractivity contribution is 0.421. The maximum Gasteiger partial charge on any atom is 0.239 e. The fourth-order valence-corrected chi connectivity index (χ4v) is 4.99. The second kappa shape index (κ2) is 6.34. The topological polar surface area (TPSA) is 85.0 Å². The van der Waals surface area contributed by atoms with Crippen LogP contribution in [0.25, 0.3) is 6.08 Å². The summed E-state index contributed by atoms with van der Waals surface area (Å²) < 4.78 is 46.5. The predicted octanol–water partition coefficient (Wildman–Crippen LogP) is 2.61. The molecule has 146 valence electrons. The number of hydrogen-bond acceptors (Lipinski definition) is 5. The quantitative estimate of drug-likeness (QED) is 0.857. The zero-order valence-electron chi connectivity index (χ0n) is 15.5. The van der Waals surface area contributed by atoms with Crippen LogP contribution >= 0.6 is 0 Å². The van der Waals surface area contributed by atoms with E-state index in [2.05, 4.69) is 4.99 Å². The number of ether oxygens (including phenoxy) is 1. The second-order valence-electron chi connectivity index (χ2n) is 7.20. The first kappa shape index (κ1) is 18.5. The van der Waals surface area contributed by atoms with Crippen molar-refractivity contribution in [1.29, 1.82) is 0 Å². The highest BCUT2D eigenvalue weighted by Gasteiger charge is 2.42. The first-order valence-electron chi connectivity index (χ1n) is 8.76. The Morgan fingerprint density at radius 2 is 1.96 bits per heavy atom. The van der Waals surface area contributed by atoms with Gasteiger partial charge in [-0.15, -0.1) is 0 Å². The molecule has 4 rings (SSSR count). The summed E-state index contributed by atoms with van der Waals surface area (Å²) in [5, 5.41) is 0. The highest BCUT2D eigenvalue weighted by molar-refractivity contribution is 7.89. The van der Waals surface area contributed by atoms with E-state index < -0.39 is 21.4 Å². The lowest BCUT2D eigenvalue weighted by Crippen LogP contribution is -2.50. The Kier molecular flexibility index (Phi) is 4.19. The Hall–Kier alpha value is -2.87. The summed E-state index contributed by atoms with van der Waals surface area (Å²) in [6.45, 7) is 1.58. The van der Waals surface area contributed by atoms with E-state index in [1.54, 1.807) is 19.1 Å². The van der Waals surface area contributed by atoms with E-state index >= 15 is 0 Å². The smallest absolute Gasteiger partial charge is 0.239 e. The number of benzene rings is 2. The van der Waals surface area contributed by atoms with Gasteiger partial charge in [0.15, 0.2) is 0 Å². The number of guanidine groups is 1. The average molecular weight is 401 g/mol. The zero-order chi connectivity index (χ0) is 20.1. The molecule has 0 aromatic heterocycles. The van der Waals surface area contributed by atoms with Crippen molar-refractivity contribution >= 4 is 22.1 Å². The van der Waals surface area contributed by atoms with Gasteiger partial charge in [0.1, 0.15) is 22.9 Å². The highest BCUT2D eigenvalue weighted by atomic mass is 32.2. The minimum Gasteiger partial charge on any atom is -0.461 e. The van der Waals surface area contributed by atoms with Crippen molar-refractivity contribution in [3.8, 4) is 5.75 Å². The van der Waals surface area contributed by atoms with Crippen molar-refractivity contribution < 1.29 is 17.5 Å². The standard InChI is InChI=1S/C20H20FN3O3S/c1-20(12-28(25,26)24(2)19(22)23-20)17-10-13-8-16(9-14(13)11-18(17)21)27-15-6-4-3-5-7-15/h3-7,9-11H,8,12H2,1-2H3,(H2,22,23)/t20-/m0/s1. The third kappa shape index (κ3) is 3.13. The van der Waals surface area contributed by atoms with Gasteiger partial charge in [0.2, 0.25) is 16.0 Å². The first-order chi connectivity index (χ1) is 13.2. The molecule has 2 aliphatic rings. The van der Waals surface area contributed by atoms with Crippen LogP contribution in [0, 0.1) is 5.82 Å². The van der Waals surface area contributed by atoms with Crippen molar-refractivity contribution in [1.82, 2.24) is 4.31 Å². The molecule has 2 aromatic rings. The number of aliphatic imine (C=N–C) groups is 1. The SMILES string of the molecule is CN1C(N)=N[C@](C)(c2cc3c(cc2F)C=C(Oc2ccccc2)C3)CS1(=O)=O. The van der Waals surface area contributed by atoms with Crippen LogP contribution in [0.5, 0.6) is 5.75 Å². The normalized spacial score (nSPS) is 23.0. The molecule has 0 spiro atoms. The average Bonchev–Trinajstić information content (AvgIpc) is 3.00. The van der Waals surface area contributed by atoms with Crippen LogP contribution in [0.3, 0.4) is 0 Å². The summed E-state index contributed by atoms with van der Waals surface area (Å²) >= 11 is 0. The molecule has 8 heteroatoms. The maximum absolute atomic E-state index is 14.9. The molecule has 1 heterocycles. The molecule has 0 bridgehead atoms. The van der Waals surface area contributed by atoms with Crippen LogP contribution in [0.4, 0.5) is 4.39 Å². The number of sulfonamides is 1. The third-order valence-electron chi connectivity index (χ3n) is 5.05. The van der Waals surface area contributed by atoms with E-state index in [1.165, 1.54) is 13.1 Å². The summed E-state index contributed by atoms with van der Waals surface area (Å²) in [6, 6.07) is 12.4. The van der Waals surface area contributed by atoms with Gasteiger partial charge in [-0.2, -0.15) is 0 Å². The largest absolute Gasteiger partial charge is 0.461 e. The van der Waals surface area contributed by atoms with Gasteiger partial charge in [0.05, 0.1) is 5.75 Å². The van der Waals surface area contributed by atoms with Crippen molar-refractivity contribution in [2.75, 3.05) is 12.8 Å². The number of allylic oxidation sites excluding steroid dienone is 1. The molecular weight excluding hydrogens is 381 g/mol. The van der Waals surface area contributed by atoms with Gasteiger partial charge in [-0.1, -0.05) is 18.2 Å². The molecule has 28 heavy (non-hydrogen) atoms. The molecule has 1 atom stereocenters. The third-order valence-corrected chi connectivity index (χ3v) is 7.00. The molecule has 1 aliphatic carbocycles. The molecule has 0 saturated carbocycles. The number of fused-ring (bicyclic) bond motifs is 1. The Balaban J connectivity index is 1.67. The number of halogens is 1. The van der Waals surface area contributed by atoms with Crippen molar-refractivity contribution in [3.63, 3.8) is 0 Å². The van der Waals surface area contributed by atoms with Crippen molar-refractivity contribution in [2.24, 2.45) is 10.7 Å². The molecule has 6 nitrogen and oxygen atoms in total. The van der Waals surface area contributed by atoms with Crippen LogP contribution in [0.15, 0.2) is 53.2 Å². The molecule has 2 aromatic carbocycles. The van der Waals surface area contributed by atoms with Gasteiger partial charge >= 0.3 is 0 Å². The van der Waals surface area contributed by atoms with E-state index in [-0.39, 0.29) is 17.3 Å². The Morgan fingerprint density at radius 1 is 1.25 bits per heavy atom. The summed E-state index contributed by atoms with van der Waals surface area (Å²) in [6.07, 6.45) is 2.28. The Morgan fingerprint density at radius 3 is 2.64 bits per heavy atom. The lowest BCUT2D eigenvalue weighted by Gasteiger charge is -2.34. The maximum atomic E-state index is 14.9. The molecular formula is C20H20FN3O3S. The molecule has 0 amide bonds. The number of nitrogens with zero attached hydrogens (tertiary/aromatic N) is 2. The summed E-state index contributed by atoms with van der Waals surface area (Å²) in [5.74, 6) is 0.373. The van der Waals surface area contributed by atoms with E-state index in [0.29, 0.717) is 23.5 Å². The van der Waals surface area contributed by atoms with Crippen molar-refractivity contribution in [3.05, 3.63) is 70.7 Å². The Labute approximate surface area is 163 Å².